The van der Waals surface area contributed by atoms with Crippen molar-refractivity contribution in [3.05, 3.63) is 48.0 Å². The molecule has 1 aliphatic heterocycles. The largest absolute Gasteiger partial charge is 0.486 e. The lowest BCUT2D eigenvalue weighted by Gasteiger charge is -2.19. The lowest BCUT2D eigenvalue weighted by atomic mass is 10.2. The van der Waals surface area contributed by atoms with E-state index >= 15 is 0 Å². The fraction of sp³-hybridized carbons (Fsp3) is 0.263. The number of fused-ring (bicyclic) bond motifs is 1. The minimum absolute atomic E-state index is 0.0287. The fourth-order valence-corrected chi connectivity index (χ4v) is 3.21. The monoisotopic (exact) mass is 409 g/mol. The van der Waals surface area contributed by atoms with E-state index in [1.165, 1.54) is 17.8 Å². The highest BCUT2D eigenvalue weighted by atomic mass is 32.2. The first-order valence-electron chi connectivity index (χ1n) is 8.44. The van der Waals surface area contributed by atoms with E-state index in [4.69, 9.17) is 14.2 Å². The number of ether oxygens (including phenoxy) is 3. The van der Waals surface area contributed by atoms with Gasteiger partial charge in [0, 0.05) is 22.4 Å². The molecule has 0 atom stereocenters. The second kappa shape index (κ2) is 9.41. The fourth-order valence-electron chi connectivity index (χ4n) is 2.36. The van der Waals surface area contributed by atoms with Crippen molar-refractivity contribution in [3.63, 3.8) is 0 Å². The second-order valence-corrected chi connectivity index (χ2v) is 6.91. The zero-order valence-corrected chi connectivity index (χ0v) is 15.5. The average molecular weight is 409 g/mol. The van der Waals surface area contributed by atoms with Gasteiger partial charge in [-0.05, 0) is 30.3 Å². The SMILES string of the molecule is O=C(COC(=O)CCSc1ccc(F)c(F)c1)Nc1ccc2c(c1)OCCO2. The molecule has 0 fully saturated rings. The van der Waals surface area contributed by atoms with Crippen molar-refractivity contribution in [3.8, 4) is 11.5 Å². The zero-order chi connectivity index (χ0) is 19.9. The van der Waals surface area contributed by atoms with E-state index in [0.29, 0.717) is 41.0 Å². The predicted molar refractivity (Wildman–Crippen MR) is 98.7 cm³/mol. The lowest BCUT2D eigenvalue weighted by molar-refractivity contribution is -0.146. The van der Waals surface area contributed by atoms with Crippen LogP contribution in [0.15, 0.2) is 41.3 Å². The molecule has 2 aromatic rings. The molecule has 28 heavy (non-hydrogen) atoms. The normalized spacial score (nSPS) is 12.4. The number of esters is 1. The lowest BCUT2D eigenvalue weighted by Crippen LogP contribution is -2.21. The molecule has 0 spiro atoms. The number of halogens is 2. The summed E-state index contributed by atoms with van der Waals surface area (Å²) in [6.45, 7) is 0.483. The number of carbonyl (C=O) groups excluding carboxylic acids is 2. The van der Waals surface area contributed by atoms with Gasteiger partial charge in [-0.15, -0.1) is 11.8 Å². The summed E-state index contributed by atoms with van der Waals surface area (Å²) in [5.74, 6) is -1.46. The maximum atomic E-state index is 13.1. The first-order chi connectivity index (χ1) is 13.5. The summed E-state index contributed by atoms with van der Waals surface area (Å²) in [6.07, 6.45) is 0.0287. The van der Waals surface area contributed by atoms with Gasteiger partial charge in [0.25, 0.3) is 5.91 Å². The van der Waals surface area contributed by atoms with Gasteiger partial charge in [-0.2, -0.15) is 0 Å². The Morgan fingerprint density at radius 2 is 1.82 bits per heavy atom. The highest BCUT2D eigenvalue weighted by Crippen LogP contribution is 2.32. The standard InChI is InChI=1S/C19H17F2NO5S/c20-14-3-2-13(10-15(14)21)28-8-5-19(24)27-11-18(23)22-12-1-4-16-17(9-12)26-7-6-25-16/h1-4,9-10H,5-8,11H2,(H,22,23). The number of hydrogen-bond donors (Lipinski definition) is 1. The van der Waals surface area contributed by atoms with Crippen molar-refractivity contribution < 1.29 is 32.6 Å². The van der Waals surface area contributed by atoms with Crippen molar-refractivity contribution in [2.24, 2.45) is 0 Å². The quantitative estimate of drug-likeness (QED) is 0.558. The molecule has 2 aromatic carbocycles. The van der Waals surface area contributed by atoms with E-state index in [0.717, 1.165) is 12.1 Å². The summed E-state index contributed by atoms with van der Waals surface area (Å²) in [5, 5.41) is 2.61. The van der Waals surface area contributed by atoms with Crippen LogP contribution in [0, 0.1) is 11.6 Å². The van der Waals surface area contributed by atoms with Crippen LogP contribution in [0.2, 0.25) is 0 Å². The number of carbonyl (C=O) groups is 2. The Labute approximate surface area is 164 Å². The molecule has 1 heterocycles. The average Bonchev–Trinajstić information content (AvgIpc) is 2.69. The Morgan fingerprint density at radius 1 is 1.04 bits per heavy atom. The second-order valence-electron chi connectivity index (χ2n) is 5.74. The van der Waals surface area contributed by atoms with E-state index < -0.39 is 30.1 Å². The summed E-state index contributed by atoms with van der Waals surface area (Å²) < 4.78 is 41.7. The highest BCUT2D eigenvalue weighted by Gasteiger charge is 2.14. The van der Waals surface area contributed by atoms with E-state index in [1.807, 2.05) is 0 Å². The van der Waals surface area contributed by atoms with Crippen LogP contribution in [0.3, 0.4) is 0 Å². The van der Waals surface area contributed by atoms with Gasteiger partial charge in [-0.3, -0.25) is 9.59 Å². The number of hydrogen-bond acceptors (Lipinski definition) is 6. The minimum Gasteiger partial charge on any atom is -0.486 e. The summed E-state index contributed by atoms with van der Waals surface area (Å²) in [5.41, 5.74) is 0.499. The van der Waals surface area contributed by atoms with Crippen LogP contribution in [0.1, 0.15) is 6.42 Å². The molecule has 0 unspecified atom stereocenters. The summed E-state index contributed by atoms with van der Waals surface area (Å²) in [4.78, 5) is 24.1. The molecular weight excluding hydrogens is 392 g/mol. The van der Waals surface area contributed by atoms with Gasteiger partial charge in [0.1, 0.15) is 13.2 Å². The number of amides is 1. The Bertz CT molecular complexity index is 877. The predicted octanol–water partition coefficient (Wildman–Crippen LogP) is 3.40. The molecule has 1 amide bonds. The molecule has 0 aliphatic carbocycles. The van der Waals surface area contributed by atoms with Gasteiger partial charge in [-0.1, -0.05) is 0 Å². The third-order valence-electron chi connectivity index (χ3n) is 3.66. The van der Waals surface area contributed by atoms with Crippen LogP contribution in [0.25, 0.3) is 0 Å². The van der Waals surface area contributed by atoms with Crippen molar-refractivity contribution in [2.75, 3.05) is 30.9 Å². The number of anilines is 1. The van der Waals surface area contributed by atoms with Crippen molar-refractivity contribution in [1.29, 1.82) is 0 Å². The van der Waals surface area contributed by atoms with Crippen LogP contribution >= 0.6 is 11.8 Å². The Morgan fingerprint density at radius 3 is 2.61 bits per heavy atom. The summed E-state index contributed by atoms with van der Waals surface area (Å²) in [7, 11) is 0. The molecule has 6 nitrogen and oxygen atoms in total. The molecule has 0 saturated heterocycles. The Kier molecular flexibility index (Phi) is 6.70. The molecule has 1 N–H and O–H groups in total. The molecule has 148 valence electrons. The minimum atomic E-state index is -0.941. The summed E-state index contributed by atoms with van der Waals surface area (Å²) >= 11 is 1.19. The highest BCUT2D eigenvalue weighted by molar-refractivity contribution is 7.99. The first-order valence-corrected chi connectivity index (χ1v) is 9.43. The molecular formula is C19H17F2NO5S. The van der Waals surface area contributed by atoms with Crippen molar-refractivity contribution in [2.45, 2.75) is 11.3 Å². The van der Waals surface area contributed by atoms with Gasteiger partial charge in [0.2, 0.25) is 0 Å². The molecule has 0 radical (unpaired) electrons. The molecule has 0 bridgehead atoms. The van der Waals surface area contributed by atoms with Crippen LogP contribution in [-0.4, -0.2) is 37.4 Å². The number of benzene rings is 2. The van der Waals surface area contributed by atoms with Gasteiger partial charge in [0.05, 0.1) is 6.42 Å². The third-order valence-corrected chi connectivity index (χ3v) is 4.65. The Balaban J connectivity index is 1.38. The zero-order valence-electron chi connectivity index (χ0n) is 14.7. The molecule has 3 rings (SSSR count). The topological polar surface area (TPSA) is 73.9 Å². The van der Waals surface area contributed by atoms with Crippen LogP contribution in [-0.2, 0) is 14.3 Å². The van der Waals surface area contributed by atoms with Crippen molar-refractivity contribution >= 4 is 29.3 Å². The van der Waals surface area contributed by atoms with Gasteiger partial charge < -0.3 is 19.5 Å². The summed E-state index contributed by atoms with van der Waals surface area (Å²) in [6, 6.07) is 8.49. The maximum Gasteiger partial charge on any atom is 0.307 e. The van der Waals surface area contributed by atoms with Crippen LogP contribution < -0.4 is 14.8 Å². The number of thioether (sulfide) groups is 1. The van der Waals surface area contributed by atoms with Crippen LogP contribution in [0.5, 0.6) is 11.5 Å². The third kappa shape index (κ3) is 5.59. The number of rotatable bonds is 7. The first kappa shape index (κ1) is 19.9. The van der Waals surface area contributed by atoms with Crippen molar-refractivity contribution in [1.82, 2.24) is 0 Å². The maximum absolute atomic E-state index is 13.1. The van der Waals surface area contributed by atoms with E-state index in [1.54, 1.807) is 18.2 Å². The molecule has 0 aromatic heterocycles. The molecule has 0 saturated carbocycles. The van der Waals surface area contributed by atoms with Gasteiger partial charge in [-0.25, -0.2) is 8.78 Å². The molecule has 9 heteroatoms. The van der Waals surface area contributed by atoms with E-state index in [-0.39, 0.29) is 6.42 Å². The molecule has 1 aliphatic rings. The van der Waals surface area contributed by atoms with Gasteiger partial charge in [0.15, 0.2) is 29.7 Å². The Hall–Kier alpha value is -2.81. The smallest absolute Gasteiger partial charge is 0.307 e. The van der Waals surface area contributed by atoms with Crippen LogP contribution in [0.4, 0.5) is 14.5 Å². The van der Waals surface area contributed by atoms with Gasteiger partial charge >= 0.3 is 5.97 Å². The number of nitrogens with one attached hydrogen (secondary N) is 1. The van der Waals surface area contributed by atoms with E-state index in [9.17, 15) is 18.4 Å². The van der Waals surface area contributed by atoms with E-state index in [2.05, 4.69) is 5.32 Å².